The fraction of sp³-hybridized carbons (Fsp3) is 0.419. The maximum Gasteiger partial charge on any atom is 0.405 e. The number of fused-ring (bicyclic) bond motifs is 1. The van der Waals surface area contributed by atoms with Gasteiger partial charge in [-0.05, 0) is 54.0 Å². The first-order chi connectivity index (χ1) is 20.5. The van der Waals surface area contributed by atoms with E-state index in [0.29, 0.717) is 13.0 Å². The Morgan fingerprint density at radius 2 is 1.77 bits per heavy atom. The second-order valence-electron chi connectivity index (χ2n) is 11.1. The average Bonchev–Trinajstić information content (AvgIpc) is 2.95. The summed E-state index contributed by atoms with van der Waals surface area (Å²) in [7, 11) is 0. The zero-order valence-corrected chi connectivity index (χ0v) is 24.3. The van der Waals surface area contributed by atoms with Crippen LogP contribution in [0, 0.1) is 23.2 Å². The number of hydrogen-bond acceptors (Lipinski definition) is 6. The number of nitrogens with zero attached hydrogens (tertiary/aromatic N) is 1. The van der Waals surface area contributed by atoms with E-state index in [9.17, 15) is 34.3 Å². The zero-order chi connectivity index (χ0) is 31.5. The molecule has 43 heavy (non-hydrogen) atoms. The van der Waals surface area contributed by atoms with E-state index in [1.807, 2.05) is 56.3 Å². The lowest BCUT2D eigenvalue weighted by Crippen LogP contribution is -2.55. The van der Waals surface area contributed by atoms with E-state index in [0.717, 1.165) is 22.8 Å². The van der Waals surface area contributed by atoms with E-state index >= 15 is 0 Å². The lowest BCUT2D eigenvalue weighted by molar-refractivity contribution is -0.131. The third-order valence-electron chi connectivity index (χ3n) is 7.28. The highest BCUT2D eigenvalue weighted by molar-refractivity contribution is 5.96. The molecule has 1 fully saturated rings. The number of nitrogens with two attached hydrogens (primary N) is 1. The van der Waals surface area contributed by atoms with Crippen LogP contribution in [0.4, 0.5) is 4.79 Å². The Morgan fingerprint density at radius 3 is 2.42 bits per heavy atom. The highest BCUT2D eigenvalue weighted by Crippen LogP contribution is 2.21. The molecule has 7 N–H and O–H groups in total. The lowest BCUT2D eigenvalue weighted by atomic mass is 9.90. The number of piperidine rings is 1. The van der Waals surface area contributed by atoms with Crippen molar-refractivity contribution in [2.45, 2.75) is 64.1 Å². The van der Waals surface area contributed by atoms with Gasteiger partial charge in [0.2, 0.25) is 17.7 Å². The molecule has 0 aromatic heterocycles. The van der Waals surface area contributed by atoms with Crippen molar-refractivity contribution in [2.75, 3.05) is 6.54 Å². The molecule has 12 nitrogen and oxygen atoms in total. The van der Waals surface area contributed by atoms with Crippen LogP contribution in [0.2, 0.25) is 0 Å². The first kappa shape index (κ1) is 32.6. The molecule has 0 saturated carbocycles. The largest absolute Gasteiger partial charge is 0.465 e. The number of primary amides is 1. The highest BCUT2D eigenvalue weighted by Gasteiger charge is 2.31. The number of carboxylic acid groups (broad SMARTS) is 1. The van der Waals surface area contributed by atoms with E-state index in [1.54, 1.807) is 6.07 Å². The Balaban J connectivity index is 1.84. The van der Waals surface area contributed by atoms with E-state index in [2.05, 4.69) is 21.3 Å². The van der Waals surface area contributed by atoms with E-state index in [-0.39, 0.29) is 36.7 Å². The van der Waals surface area contributed by atoms with Gasteiger partial charge in [-0.15, -0.1) is 0 Å². The Labute approximate surface area is 250 Å². The summed E-state index contributed by atoms with van der Waals surface area (Å²) in [4.78, 5) is 62.9. The second-order valence-corrected chi connectivity index (χ2v) is 11.1. The molecule has 5 amide bonds. The molecule has 0 unspecified atom stereocenters. The molecule has 0 spiro atoms. The number of benzene rings is 2. The summed E-state index contributed by atoms with van der Waals surface area (Å²) in [6, 6.07) is 11.6. The van der Waals surface area contributed by atoms with Crippen molar-refractivity contribution in [3.05, 3.63) is 59.7 Å². The standard InChI is InChI=1S/C31H38N6O6/c1-18(2)13-25(29(40)35-23(15-22(17-32)27(33)38)14-21-10-6-12-34-28(21)39)36-30(41)26(37-31(42)43)16-20-9-5-8-19-7-3-4-11-24(19)20/h3-5,7-9,11,15,18,21,23,25-26,37H,6,10,12-14,16H2,1-2H3,(H2,33,38)(H,34,39)(H,35,40)(H,36,41)(H,42,43)/b22-15+/t21-,23-,25-,26-/m0/s1. The van der Waals surface area contributed by atoms with Crippen molar-refractivity contribution in [3.63, 3.8) is 0 Å². The molecule has 0 bridgehead atoms. The van der Waals surface area contributed by atoms with Crippen molar-refractivity contribution in [2.24, 2.45) is 17.6 Å². The molecule has 1 aliphatic heterocycles. The van der Waals surface area contributed by atoms with Crippen molar-refractivity contribution < 1.29 is 29.1 Å². The van der Waals surface area contributed by atoms with Gasteiger partial charge in [-0.3, -0.25) is 19.2 Å². The van der Waals surface area contributed by atoms with Crippen molar-refractivity contribution in [1.29, 1.82) is 5.26 Å². The normalized spacial score (nSPS) is 17.2. The van der Waals surface area contributed by atoms with Gasteiger partial charge in [-0.25, -0.2) is 4.79 Å². The van der Waals surface area contributed by atoms with Crippen LogP contribution in [0.3, 0.4) is 0 Å². The van der Waals surface area contributed by atoms with E-state index in [4.69, 9.17) is 5.73 Å². The topological polar surface area (TPSA) is 204 Å². The second kappa shape index (κ2) is 15.3. The molecule has 2 aromatic carbocycles. The Kier molecular flexibility index (Phi) is 11.6. The first-order valence-corrected chi connectivity index (χ1v) is 14.2. The fourth-order valence-corrected chi connectivity index (χ4v) is 5.22. The van der Waals surface area contributed by atoms with Crippen LogP contribution >= 0.6 is 0 Å². The Morgan fingerprint density at radius 1 is 1.07 bits per heavy atom. The lowest BCUT2D eigenvalue weighted by Gasteiger charge is -2.28. The number of carbonyl (C=O) groups excluding carboxylic acids is 4. The molecule has 1 aliphatic rings. The van der Waals surface area contributed by atoms with Crippen molar-refractivity contribution in [3.8, 4) is 6.07 Å². The summed E-state index contributed by atoms with van der Waals surface area (Å²) in [6.07, 6.45) is 1.51. The fourth-order valence-electron chi connectivity index (χ4n) is 5.22. The average molecular weight is 591 g/mol. The van der Waals surface area contributed by atoms with Gasteiger partial charge in [0.25, 0.3) is 5.91 Å². The number of rotatable bonds is 13. The number of nitriles is 1. The summed E-state index contributed by atoms with van der Waals surface area (Å²) in [5, 5.41) is 31.2. The van der Waals surface area contributed by atoms with Crippen LogP contribution in [0.15, 0.2) is 54.1 Å². The van der Waals surface area contributed by atoms with Gasteiger partial charge in [-0.1, -0.05) is 56.3 Å². The Hall–Kier alpha value is -4.92. The third-order valence-corrected chi connectivity index (χ3v) is 7.28. The van der Waals surface area contributed by atoms with Gasteiger partial charge in [0.15, 0.2) is 0 Å². The molecule has 0 aliphatic carbocycles. The first-order valence-electron chi connectivity index (χ1n) is 14.2. The van der Waals surface area contributed by atoms with Gasteiger partial charge in [-0.2, -0.15) is 5.26 Å². The van der Waals surface area contributed by atoms with Gasteiger partial charge in [0, 0.05) is 24.9 Å². The summed E-state index contributed by atoms with van der Waals surface area (Å²) < 4.78 is 0. The molecule has 0 radical (unpaired) electrons. The minimum Gasteiger partial charge on any atom is -0.465 e. The number of amides is 5. The van der Waals surface area contributed by atoms with Crippen LogP contribution < -0.4 is 27.0 Å². The molecule has 1 saturated heterocycles. The van der Waals surface area contributed by atoms with Crippen molar-refractivity contribution in [1.82, 2.24) is 21.3 Å². The number of nitrogens with one attached hydrogen (secondary N) is 4. The predicted octanol–water partition coefficient (Wildman–Crippen LogP) is 1.89. The van der Waals surface area contributed by atoms with E-state index < -0.39 is 47.9 Å². The minimum atomic E-state index is -1.39. The quantitative estimate of drug-likeness (QED) is 0.151. The van der Waals surface area contributed by atoms with E-state index in [1.165, 1.54) is 6.08 Å². The monoisotopic (exact) mass is 590 g/mol. The minimum absolute atomic E-state index is 0.0431. The smallest absolute Gasteiger partial charge is 0.405 e. The molecule has 3 rings (SSSR count). The zero-order valence-electron chi connectivity index (χ0n) is 24.3. The molecule has 12 heteroatoms. The summed E-state index contributed by atoms with van der Waals surface area (Å²) in [6.45, 7) is 4.26. The SMILES string of the molecule is CC(C)C[C@H](NC(=O)[C@H](Cc1cccc2ccccc12)NC(=O)O)C(=O)N[C@H](/C=C(\C#N)C(N)=O)C[C@@H]1CCCNC1=O. The van der Waals surface area contributed by atoms with Crippen LogP contribution in [0.1, 0.15) is 45.1 Å². The number of carbonyl (C=O) groups is 5. The van der Waals surface area contributed by atoms with Gasteiger partial charge in [0.1, 0.15) is 23.7 Å². The highest BCUT2D eigenvalue weighted by atomic mass is 16.4. The number of hydrogen-bond donors (Lipinski definition) is 6. The molecule has 228 valence electrons. The van der Waals surface area contributed by atoms with Gasteiger partial charge >= 0.3 is 6.09 Å². The Bertz CT molecular complexity index is 1430. The van der Waals surface area contributed by atoms with Crippen LogP contribution in [-0.2, 0) is 25.6 Å². The van der Waals surface area contributed by atoms with Crippen LogP contribution in [0.5, 0.6) is 0 Å². The van der Waals surface area contributed by atoms with Crippen LogP contribution in [-0.4, -0.2) is 59.5 Å². The summed E-state index contributed by atoms with van der Waals surface area (Å²) in [5.41, 5.74) is 5.70. The molecule has 1 heterocycles. The molecular weight excluding hydrogens is 552 g/mol. The van der Waals surface area contributed by atoms with Crippen LogP contribution in [0.25, 0.3) is 10.8 Å². The van der Waals surface area contributed by atoms with Crippen molar-refractivity contribution >= 4 is 40.5 Å². The maximum absolute atomic E-state index is 13.6. The van der Waals surface area contributed by atoms with Gasteiger partial charge in [0.05, 0.1) is 0 Å². The maximum atomic E-state index is 13.6. The molecule has 4 atom stereocenters. The summed E-state index contributed by atoms with van der Waals surface area (Å²) >= 11 is 0. The van der Waals surface area contributed by atoms with Gasteiger partial charge < -0.3 is 32.1 Å². The summed E-state index contributed by atoms with van der Waals surface area (Å²) in [5.74, 6) is -2.98. The molecule has 2 aromatic rings. The molecular formula is C31H38N6O6. The third kappa shape index (κ3) is 9.56. The predicted molar refractivity (Wildman–Crippen MR) is 159 cm³/mol.